The maximum Gasteiger partial charge on any atom is 0.313 e. The monoisotopic (exact) mass is 424 g/mol. The molecule has 0 aliphatic carbocycles. The van der Waals surface area contributed by atoms with Crippen molar-refractivity contribution < 1.29 is 23.9 Å². The van der Waals surface area contributed by atoms with Gasteiger partial charge in [-0.15, -0.1) is 0 Å². The largest absolute Gasteiger partial charge is 0.427 e. The van der Waals surface area contributed by atoms with E-state index in [9.17, 15) is 19.2 Å². The first-order chi connectivity index (χ1) is 14.7. The van der Waals surface area contributed by atoms with Crippen LogP contribution >= 0.6 is 0 Å². The molecule has 2 unspecified atom stereocenters. The van der Waals surface area contributed by atoms with Crippen LogP contribution in [0.25, 0.3) is 0 Å². The molecule has 9 heteroatoms. The first-order valence-corrected chi connectivity index (χ1v) is 9.89. The van der Waals surface area contributed by atoms with E-state index < -0.39 is 23.7 Å². The summed E-state index contributed by atoms with van der Waals surface area (Å²) in [5.74, 6) is -1.94. The number of benzene rings is 1. The van der Waals surface area contributed by atoms with Gasteiger partial charge in [0.2, 0.25) is 5.91 Å². The number of carbonyl (C=O) groups excluding carboxylic acids is 4. The molecular weight excluding hydrogens is 400 g/mol. The lowest BCUT2D eigenvalue weighted by atomic mass is 9.89. The summed E-state index contributed by atoms with van der Waals surface area (Å²) in [6, 6.07) is 7.99. The van der Waals surface area contributed by atoms with Crippen molar-refractivity contribution in [2.75, 3.05) is 11.9 Å². The molecule has 31 heavy (non-hydrogen) atoms. The number of anilines is 1. The number of hydrogen-bond donors (Lipinski definition) is 2. The molecule has 0 bridgehead atoms. The van der Waals surface area contributed by atoms with Crippen LogP contribution in [0.4, 0.5) is 5.69 Å². The Balaban J connectivity index is 1.77. The van der Waals surface area contributed by atoms with Crippen molar-refractivity contribution in [2.45, 2.75) is 32.7 Å². The van der Waals surface area contributed by atoms with Crippen molar-refractivity contribution in [2.24, 2.45) is 11.7 Å². The van der Waals surface area contributed by atoms with Crippen LogP contribution in [-0.2, 0) is 14.4 Å². The Morgan fingerprint density at radius 2 is 1.84 bits per heavy atom. The molecule has 2 atom stereocenters. The second-order valence-corrected chi connectivity index (χ2v) is 7.60. The standard InChI is InChI=1S/C22H24N4O5/c1-13-3-8-19(15-4-6-18(7-5-15)31-14(2)27)26(12-13)22(30)21(29)25-17-9-16(20(23)28)10-24-11-17/h4-7,9-11,13,19H,3,8,12H2,1-2H3,(H2,23,28)(H,25,29). The molecule has 0 saturated carbocycles. The van der Waals surface area contributed by atoms with Crippen LogP contribution in [0.2, 0.25) is 0 Å². The number of likely N-dealkylation sites (tertiary alicyclic amines) is 1. The van der Waals surface area contributed by atoms with Crippen molar-refractivity contribution >= 4 is 29.4 Å². The Morgan fingerprint density at radius 3 is 2.48 bits per heavy atom. The van der Waals surface area contributed by atoms with E-state index in [1.165, 1.54) is 25.4 Å². The number of nitrogens with one attached hydrogen (secondary N) is 1. The Labute approximate surface area is 179 Å². The number of carbonyl (C=O) groups is 4. The van der Waals surface area contributed by atoms with Crippen LogP contribution in [-0.4, -0.2) is 40.1 Å². The zero-order valence-corrected chi connectivity index (χ0v) is 17.3. The predicted molar refractivity (Wildman–Crippen MR) is 112 cm³/mol. The Morgan fingerprint density at radius 1 is 1.13 bits per heavy atom. The molecule has 0 spiro atoms. The fraction of sp³-hybridized carbons (Fsp3) is 0.318. The summed E-state index contributed by atoms with van der Waals surface area (Å²) >= 11 is 0. The van der Waals surface area contributed by atoms with E-state index in [1.807, 2.05) is 6.92 Å². The second kappa shape index (κ2) is 9.38. The molecule has 1 aromatic heterocycles. The lowest BCUT2D eigenvalue weighted by Crippen LogP contribution is -2.46. The van der Waals surface area contributed by atoms with Crippen molar-refractivity contribution in [1.82, 2.24) is 9.88 Å². The fourth-order valence-corrected chi connectivity index (χ4v) is 3.61. The van der Waals surface area contributed by atoms with Crippen molar-refractivity contribution in [3.05, 3.63) is 53.9 Å². The highest BCUT2D eigenvalue weighted by Gasteiger charge is 2.34. The van der Waals surface area contributed by atoms with Gasteiger partial charge in [0.25, 0.3) is 0 Å². The van der Waals surface area contributed by atoms with E-state index in [-0.39, 0.29) is 23.2 Å². The highest BCUT2D eigenvalue weighted by atomic mass is 16.5. The summed E-state index contributed by atoms with van der Waals surface area (Å²) in [7, 11) is 0. The minimum Gasteiger partial charge on any atom is -0.427 e. The molecule has 3 rings (SSSR count). The summed E-state index contributed by atoms with van der Waals surface area (Å²) < 4.78 is 5.06. The minimum absolute atomic E-state index is 0.127. The predicted octanol–water partition coefficient (Wildman–Crippen LogP) is 2.04. The number of nitrogens with zero attached hydrogens (tertiary/aromatic N) is 2. The second-order valence-electron chi connectivity index (χ2n) is 7.60. The smallest absolute Gasteiger partial charge is 0.313 e. The van der Waals surface area contributed by atoms with Gasteiger partial charge < -0.3 is 20.7 Å². The van der Waals surface area contributed by atoms with Crippen LogP contribution in [0.5, 0.6) is 5.75 Å². The van der Waals surface area contributed by atoms with E-state index in [2.05, 4.69) is 10.3 Å². The molecule has 1 fully saturated rings. The van der Waals surface area contributed by atoms with Gasteiger partial charge in [0.1, 0.15) is 5.75 Å². The van der Waals surface area contributed by atoms with E-state index in [0.29, 0.717) is 18.7 Å². The number of primary amides is 1. The summed E-state index contributed by atoms with van der Waals surface area (Å²) in [5.41, 5.74) is 6.42. The first-order valence-electron chi connectivity index (χ1n) is 9.89. The van der Waals surface area contributed by atoms with Gasteiger partial charge in [0.05, 0.1) is 23.5 Å². The SMILES string of the molecule is CC(=O)Oc1ccc(C2CCC(C)CN2C(=O)C(=O)Nc2cncc(C(N)=O)c2)cc1. The molecule has 162 valence electrons. The average molecular weight is 424 g/mol. The number of esters is 1. The van der Waals surface area contributed by atoms with Gasteiger partial charge >= 0.3 is 17.8 Å². The van der Waals surface area contributed by atoms with Crippen molar-refractivity contribution in [3.8, 4) is 5.75 Å². The molecule has 9 nitrogen and oxygen atoms in total. The number of aromatic nitrogens is 1. The molecule has 1 aliphatic heterocycles. The van der Waals surface area contributed by atoms with E-state index in [0.717, 1.165) is 12.0 Å². The van der Waals surface area contributed by atoms with Crippen LogP contribution in [0.15, 0.2) is 42.7 Å². The third-order valence-corrected chi connectivity index (χ3v) is 5.08. The van der Waals surface area contributed by atoms with Gasteiger partial charge in [-0.05, 0) is 42.5 Å². The number of rotatable bonds is 4. The van der Waals surface area contributed by atoms with E-state index in [4.69, 9.17) is 10.5 Å². The summed E-state index contributed by atoms with van der Waals surface area (Å²) in [5, 5.41) is 2.49. The first kappa shape index (κ1) is 21.9. The van der Waals surface area contributed by atoms with Crippen molar-refractivity contribution in [1.29, 1.82) is 0 Å². The highest BCUT2D eigenvalue weighted by Crippen LogP contribution is 2.34. The molecule has 1 aliphatic rings. The maximum atomic E-state index is 13.0. The van der Waals surface area contributed by atoms with E-state index in [1.54, 1.807) is 29.2 Å². The molecule has 1 saturated heterocycles. The number of amides is 3. The molecule has 2 heterocycles. The lowest BCUT2D eigenvalue weighted by molar-refractivity contribution is -0.146. The number of piperidine rings is 1. The molecular formula is C22H24N4O5. The van der Waals surface area contributed by atoms with Crippen LogP contribution in [0.1, 0.15) is 48.7 Å². The number of hydrogen-bond acceptors (Lipinski definition) is 6. The zero-order chi connectivity index (χ0) is 22.5. The van der Waals surface area contributed by atoms with Gasteiger partial charge in [-0.3, -0.25) is 24.2 Å². The number of ether oxygens (including phenoxy) is 1. The quantitative estimate of drug-likeness (QED) is 0.439. The van der Waals surface area contributed by atoms with Crippen LogP contribution < -0.4 is 15.8 Å². The molecule has 1 aromatic carbocycles. The Bertz CT molecular complexity index is 1010. The highest BCUT2D eigenvalue weighted by molar-refractivity contribution is 6.39. The molecule has 2 aromatic rings. The Hall–Kier alpha value is -3.75. The molecule has 3 amide bonds. The van der Waals surface area contributed by atoms with Crippen molar-refractivity contribution in [3.63, 3.8) is 0 Å². The number of nitrogens with two attached hydrogens (primary N) is 1. The summed E-state index contributed by atoms with van der Waals surface area (Å²) in [6.07, 6.45) is 4.22. The molecule has 3 N–H and O–H groups in total. The summed E-state index contributed by atoms with van der Waals surface area (Å²) in [6.45, 7) is 3.78. The normalized spacial score (nSPS) is 18.2. The van der Waals surface area contributed by atoms with Gasteiger partial charge in [0, 0.05) is 19.7 Å². The minimum atomic E-state index is -0.820. The topological polar surface area (TPSA) is 132 Å². The third kappa shape index (κ3) is 5.44. The van der Waals surface area contributed by atoms with E-state index >= 15 is 0 Å². The maximum absolute atomic E-state index is 13.0. The lowest BCUT2D eigenvalue weighted by Gasteiger charge is -2.38. The van der Waals surface area contributed by atoms with Gasteiger partial charge in [-0.2, -0.15) is 0 Å². The zero-order valence-electron chi connectivity index (χ0n) is 17.3. The molecule has 0 radical (unpaired) electrons. The van der Waals surface area contributed by atoms with Gasteiger partial charge in [-0.25, -0.2) is 0 Å². The van der Waals surface area contributed by atoms with Gasteiger partial charge in [0.15, 0.2) is 0 Å². The van der Waals surface area contributed by atoms with Crippen LogP contribution in [0, 0.1) is 5.92 Å². The Kier molecular flexibility index (Phi) is 6.64. The average Bonchev–Trinajstić information content (AvgIpc) is 2.73. The van der Waals surface area contributed by atoms with Crippen LogP contribution in [0.3, 0.4) is 0 Å². The van der Waals surface area contributed by atoms with Gasteiger partial charge in [-0.1, -0.05) is 19.1 Å². The third-order valence-electron chi connectivity index (χ3n) is 5.08. The fourth-order valence-electron chi connectivity index (χ4n) is 3.61. The summed E-state index contributed by atoms with van der Waals surface area (Å²) in [4.78, 5) is 53.5. The number of pyridine rings is 1.